The van der Waals surface area contributed by atoms with E-state index in [0.717, 1.165) is 11.1 Å². The molecule has 5 N–H and O–H groups in total. The first-order valence-electron chi connectivity index (χ1n) is 17.0. The van der Waals surface area contributed by atoms with E-state index >= 15 is 0 Å². The van der Waals surface area contributed by atoms with Crippen molar-refractivity contribution in [3.63, 3.8) is 0 Å². The van der Waals surface area contributed by atoms with Crippen LogP contribution in [-0.2, 0) is 41.6 Å². The third-order valence-electron chi connectivity index (χ3n) is 9.09. The van der Waals surface area contributed by atoms with Crippen molar-refractivity contribution in [2.75, 3.05) is 13.7 Å². The molecule has 11 nitrogen and oxygen atoms in total. The van der Waals surface area contributed by atoms with E-state index in [4.69, 9.17) is 31.5 Å². The monoisotopic (exact) mass is 710 g/mol. The van der Waals surface area contributed by atoms with Gasteiger partial charge in [-0.25, -0.2) is 4.79 Å². The van der Waals surface area contributed by atoms with E-state index in [1.807, 2.05) is 52.0 Å². The Morgan fingerprint density at radius 2 is 1.70 bits per heavy atom. The molecular formula is C38H51ClN4O7. The van der Waals surface area contributed by atoms with Gasteiger partial charge in [-0.15, -0.1) is 0 Å². The maximum Gasteiger partial charge on any atom is 0.328 e. The number of esters is 1. The Kier molecular flexibility index (Phi) is 12.7. The average molecular weight is 711 g/mol. The van der Waals surface area contributed by atoms with Crippen molar-refractivity contribution in [2.24, 2.45) is 22.5 Å². The number of nitrogens with two attached hydrogens (primary N) is 1. The van der Waals surface area contributed by atoms with E-state index in [2.05, 4.69) is 16.0 Å². The van der Waals surface area contributed by atoms with E-state index in [1.165, 1.54) is 13.2 Å². The predicted molar refractivity (Wildman–Crippen MR) is 191 cm³/mol. The minimum Gasteiger partial charge on any atom is -0.495 e. The fourth-order valence-electron chi connectivity index (χ4n) is 5.93. The highest BCUT2D eigenvalue weighted by Crippen LogP contribution is 2.45. The Hall–Kier alpha value is -3.93. The summed E-state index contributed by atoms with van der Waals surface area (Å²) in [6.07, 6.45) is 2.54. The van der Waals surface area contributed by atoms with Crippen molar-refractivity contribution in [3.05, 3.63) is 76.3 Å². The highest BCUT2D eigenvalue weighted by molar-refractivity contribution is 6.32. The molecule has 4 rings (SSSR count). The molecule has 0 aliphatic carbocycles. The van der Waals surface area contributed by atoms with Crippen LogP contribution in [0.1, 0.15) is 77.2 Å². The standard InChI is InChI=1S/C38H51ClN4O7/c1-22(32-33(50-32)25-14-11-23(20-40)12-15-25)29-9-8-10-31(44)42-27(18-24-13-16-30(48-7)26(39)17-24)34(45)41-21-38(5,6)36(47)43-28(35(46)49-29)19-37(2,3)4/h8,10-17,22,27-29,32-33H,9,18-21,40H2,1-7H3,(H,41,45)(H,42,44)(H,43,47)/b10-8+/t22-,27+,28-,29-,32+,33+/m0/s1. The maximum absolute atomic E-state index is 13.8. The van der Waals surface area contributed by atoms with E-state index in [1.54, 1.807) is 38.1 Å². The van der Waals surface area contributed by atoms with Gasteiger partial charge in [0.25, 0.3) is 0 Å². The van der Waals surface area contributed by atoms with Gasteiger partial charge in [0.2, 0.25) is 17.7 Å². The largest absolute Gasteiger partial charge is 0.495 e. The van der Waals surface area contributed by atoms with Crippen molar-refractivity contribution in [1.29, 1.82) is 0 Å². The maximum atomic E-state index is 13.8. The van der Waals surface area contributed by atoms with Crippen LogP contribution < -0.4 is 26.4 Å². The third kappa shape index (κ3) is 10.5. The summed E-state index contributed by atoms with van der Waals surface area (Å²) in [5.74, 6) is -1.74. The molecule has 272 valence electrons. The second kappa shape index (κ2) is 16.4. The van der Waals surface area contributed by atoms with Crippen molar-refractivity contribution >= 4 is 35.3 Å². The number of halogens is 1. The van der Waals surface area contributed by atoms with Gasteiger partial charge in [0, 0.05) is 31.8 Å². The first-order chi connectivity index (χ1) is 23.5. The molecule has 0 bridgehead atoms. The highest BCUT2D eigenvalue weighted by atomic mass is 35.5. The number of rotatable bonds is 8. The van der Waals surface area contributed by atoms with Gasteiger partial charge in [-0.2, -0.15) is 0 Å². The number of cyclic esters (lactones) is 1. The van der Waals surface area contributed by atoms with Gasteiger partial charge in [0.15, 0.2) is 0 Å². The predicted octanol–water partition coefficient (Wildman–Crippen LogP) is 4.55. The Balaban J connectivity index is 1.62. The lowest BCUT2D eigenvalue weighted by molar-refractivity contribution is -0.157. The number of carbonyl (C=O) groups excluding carboxylic acids is 4. The number of ether oxygens (including phenoxy) is 3. The first kappa shape index (κ1) is 38.9. The number of epoxide rings is 1. The van der Waals surface area contributed by atoms with Crippen LogP contribution in [0.3, 0.4) is 0 Å². The van der Waals surface area contributed by atoms with Crippen LogP contribution in [0.5, 0.6) is 5.75 Å². The Morgan fingerprint density at radius 1 is 1.02 bits per heavy atom. The van der Waals surface area contributed by atoms with Crippen molar-refractivity contribution in [3.8, 4) is 5.75 Å². The fourth-order valence-corrected chi connectivity index (χ4v) is 6.21. The van der Waals surface area contributed by atoms with Gasteiger partial charge in [-0.05, 0) is 60.6 Å². The lowest BCUT2D eigenvalue weighted by atomic mass is 9.86. The molecule has 0 saturated carbocycles. The summed E-state index contributed by atoms with van der Waals surface area (Å²) in [6.45, 7) is 11.6. The topological polar surface area (TPSA) is 161 Å². The number of hydrogen-bond donors (Lipinski definition) is 4. The lowest BCUT2D eigenvalue weighted by Gasteiger charge is -2.32. The average Bonchev–Trinajstić information content (AvgIpc) is 3.86. The summed E-state index contributed by atoms with van der Waals surface area (Å²) in [7, 11) is 1.51. The molecule has 50 heavy (non-hydrogen) atoms. The Labute approximate surface area is 300 Å². The molecule has 1 fully saturated rings. The Bertz CT molecular complexity index is 1570. The van der Waals surface area contributed by atoms with Gasteiger partial charge in [0.1, 0.15) is 30.0 Å². The van der Waals surface area contributed by atoms with Gasteiger partial charge < -0.3 is 35.9 Å². The number of carbonyl (C=O) groups is 4. The summed E-state index contributed by atoms with van der Waals surface area (Å²) in [4.78, 5) is 54.3. The first-order valence-corrected chi connectivity index (χ1v) is 17.4. The summed E-state index contributed by atoms with van der Waals surface area (Å²) in [5.41, 5.74) is 7.04. The van der Waals surface area contributed by atoms with E-state index in [9.17, 15) is 19.2 Å². The molecule has 2 aromatic carbocycles. The molecule has 12 heteroatoms. The molecule has 6 atom stereocenters. The van der Waals surface area contributed by atoms with Gasteiger partial charge in [-0.1, -0.05) is 75.7 Å². The van der Waals surface area contributed by atoms with Crippen molar-refractivity contribution in [1.82, 2.24) is 16.0 Å². The minimum absolute atomic E-state index is 0.0488. The van der Waals surface area contributed by atoms with Crippen LogP contribution in [0, 0.1) is 16.7 Å². The SMILES string of the molecule is COc1ccc(C[C@H]2NC(=O)/C=C/C[C@@H]([C@H](C)[C@H]3O[C@@H]3c3ccc(CN)cc3)OC(=O)[C@H](CC(C)(C)C)NC(=O)C(C)(C)CNC2=O)cc1Cl. The number of methoxy groups -OCH3 is 1. The molecule has 0 aromatic heterocycles. The lowest BCUT2D eigenvalue weighted by Crippen LogP contribution is -2.54. The highest BCUT2D eigenvalue weighted by Gasteiger charge is 2.48. The molecule has 2 aromatic rings. The van der Waals surface area contributed by atoms with Gasteiger partial charge in [-0.3, -0.25) is 14.4 Å². The summed E-state index contributed by atoms with van der Waals surface area (Å²) >= 11 is 6.34. The second-order valence-corrected chi connectivity index (χ2v) is 15.5. The molecule has 1 saturated heterocycles. The zero-order chi connectivity index (χ0) is 36.8. The molecule has 0 radical (unpaired) electrons. The smallest absolute Gasteiger partial charge is 0.328 e. The minimum atomic E-state index is -1.11. The van der Waals surface area contributed by atoms with Crippen molar-refractivity contribution in [2.45, 2.75) is 97.7 Å². The van der Waals surface area contributed by atoms with Crippen molar-refractivity contribution < 1.29 is 33.4 Å². The second-order valence-electron chi connectivity index (χ2n) is 15.1. The van der Waals surface area contributed by atoms with Crippen LogP contribution in [0.4, 0.5) is 0 Å². The quantitative estimate of drug-likeness (QED) is 0.229. The van der Waals surface area contributed by atoms with E-state index < -0.39 is 47.3 Å². The molecule has 0 spiro atoms. The summed E-state index contributed by atoms with van der Waals surface area (Å²) < 4.78 is 17.5. The van der Waals surface area contributed by atoms with Gasteiger partial charge >= 0.3 is 5.97 Å². The molecule has 2 heterocycles. The molecule has 3 amide bonds. The summed E-state index contributed by atoms with van der Waals surface area (Å²) in [6, 6.07) is 11.1. The normalized spacial score (nSPS) is 26.1. The zero-order valence-corrected chi connectivity index (χ0v) is 30.8. The number of hydrogen-bond acceptors (Lipinski definition) is 8. The van der Waals surface area contributed by atoms with Gasteiger partial charge in [0.05, 0.1) is 23.7 Å². The fraction of sp³-hybridized carbons (Fsp3) is 0.526. The zero-order valence-electron chi connectivity index (χ0n) is 30.0. The summed E-state index contributed by atoms with van der Waals surface area (Å²) in [5, 5.41) is 8.90. The number of nitrogens with one attached hydrogen (secondary N) is 3. The third-order valence-corrected chi connectivity index (χ3v) is 9.39. The molecule has 2 aliphatic rings. The van der Waals surface area contributed by atoms with Crippen LogP contribution in [0.25, 0.3) is 0 Å². The van der Waals surface area contributed by atoms with Crippen LogP contribution in [-0.4, -0.2) is 61.6 Å². The van der Waals surface area contributed by atoms with E-state index in [-0.39, 0.29) is 42.9 Å². The molecule has 0 unspecified atom stereocenters. The van der Waals surface area contributed by atoms with E-state index in [0.29, 0.717) is 29.3 Å². The number of benzene rings is 2. The molecule has 2 aliphatic heterocycles. The number of amides is 3. The molecular weight excluding hydrogens is 660 g/mol. The van der Waals surface area contributed by atoms with Crippen LogP contribution in [0.2, 0.25) is 5.02 Å². The Morgan fingerprint density at radius 3 is 2.32 bits per heavy atom. The van der Waals surface area contributed by atoms with Crippen LogP contribution >= 0.6 is 11.6 Å². The van der Waals surface area contributed by atoms with Crippen LogP contribution in [0.15, 0.2) is 54.6 Å².